The molecule has 6 nitrogen and oxygen atoms in total. The van der Waals surface area contributed by atoms with Crippen LogP contribution in [0.15, 0.2) is 0 Å². The summed E-state index contributed by atoms with van der Waals surface area (Å²) in [6.07, 6.45) is 0. The Balaban J connectivity index is 3.09. The van der Waals surface area contributed by atoms with E-state index in [0.717, 1.165) is 0 Å². The molecule has 0 spiro atoms. The molecule has 108 valence electrons. The van der Waals surface area contributed by atoms with Gasteiger partial charge in [-0.1, -0.05) is 0 Å². The fraction of sp³-hybridized carbons (Fsp3) is 0.917. The van der Waals surface area contributed by atoms with Gasteiger partial charge in [-0.05, 0) is 13.8 Å². The molecule has 0 aromatic rings. The van der Waals surface area contributed by atoms with Crippen molar-refractivity contribution in [2.24, 2.45) is 0 Å². The molecule has 0 aliphatic heterocycles. The molecule has 1 amide bonds. The number of hydrogen-bond donors (Lipinski definition) is 2. The monoisotopic (exact) mass is 262 g/mol. The zero-order valence-corrected chi connectivity index (χ0v) is 11.7. The summed E-state index contributed by atoms with van der Waals surface area (Å²) < 4.78 is 15.4. The highest BCUT2D eigenvalue weighted by molar-refractivity contribution is 5.78. The first-order valence-electron chi connectivity index (χ1n) is 6.31. The molecule has 0 saturated carbocycles. The number of methoxy groups -OCH3 is 1. The molecule has 0 bridgehead atoms. The minimum absolute atomic E-state index is 0.00731. The molecule has 0 rings (SSSR count). The molecule has 0 aromatic heterocycles. The summed E-state index contributed by atoms with van der Waals surface area (Å²) in [7, 11) is 1.64. The predicted octanol–water partition coefficient (Wildman–Crippen LogP) is -0.220. The van der Waals surface area contributed by atoms with Crippen LogP contribution < -0.4 is 10.6 Å². The Bertz CT molecular complexity index is 201. The number of rotatable bonds is 12. The van der Waals surface area contributed by atoms with Crippen LogP contribution in [-0.2, 0) is 19.0 Å². The summed E-state index contributed by atoms with van der Waals surface area (Å²) >= 11 is 0. The summed E-state index contributed by atoms with van der Waals surface area (Å²) in [5.74, 6) is 0.00731. The lowest BCUT2D eigenvalue weighted by atomic mass is 10.4. The van der Waals surface area contributed by atoms with Crippen molar-refractivity contribution in [3.05, 3.63) is 0 Å². The Morgan fingerprint density at radius 2 is 1.67 bits per heavy atom. The van der Waals surface area contributed by atoms with Crippen LogP contribution in [0.4, 0.5) is 0 Å². The number of carbonyl (C=O) groups excluding carboxylic acids is 1. The van der Waals surface area contributed by atoms with Crippen LogP contribution in [0.2, 0.25) is 0 Å². The maximum atomic E-state index is 11.2. The van der Waals surface area contributed by atoms with Crippen LogP contribution >= 0.6 is 0 Å². The second-order valence-electron chi connectivity index (χ2n) is 4.12. The van der Waals surface area contributed by atoms with E-state index in [1.807, 2.05) is 13.8 Å². The molecule has 6 heteroatoms. The van der Waals surface area contributed by atoms with E-state index < -0.39 is 0 Å². The van der Waals surface area contributed by atoms with E-state index in [4.69, 9.17) is 14.2 Å². The van der Waals surface area contributed by atoms with Gasteiger partial charge in [-0.15, -0.1) is 0 Å². The van der Waals surface area contributed by atoms with Crippen molar-refractivity contribution in [3.8, 4) is 0 Å². The van der Waals surface area contributed by atoms with Crippen LogP contribution in [-0.4, -0.2) is 65.2 Å². The molecule has 0 radical (unpaired) electrons. The van der Waals surface area contributed by atoms with Crippen LogP contribution in [0.5, 0.6) is 0 Å². The third kappa shape index (κ3) is 13.4. The second-order valence-corrected chi connectivity index (χ2v) is 4.12. The number of carbonyl (C=O) groups is 1. The smallest absolute Gasteiger partial charge is 0.234 e. The van der Waals surface area contributed by atoms with Crippen LogP contribution in [0.1, 0.15) is 13.8 Å². The lowest BCUT2D eigenvalue weighted by Gasteiger charge is -2.09. The van der Waals surface area contributed by atoms with Gasteiger partial charge in [0.2, 0.25) is 5.91 Å². The number of amides is 1. The average molecular weight is 262 g/mol. The summed E-state index contributed by atoms with van der Waals surface area (Å²) in [6.45, 7) is 7.74. The Morgan fingerprint density at radius 1 is 1.06 bits per heavy atom. The lowest BCUT2D eigenvalue weighted by Crippen LogP contribution is -2.38. The van der Waals surface area contributed by atoms with E-state index in [2.05, 4.69) is 10.6 Å². The second kappa shape index (κ2) is 12.8. The van der Waals surface area contributed by atoms with Gasteiger partial charge >= 0.3 is 0 Å². The average Bonchev–Trinajstić information content (AvgIpc) is 2.30. The highest BCUT2D eigenvalue weighted by atomic mass is 16.5. The fourth-order valence-corrected chi connectivity index (χ4v) is 1.18. The molecule has 0 unspecified atom stereocenters. The molecule has 0 atom stereocenters. The van der Waals surface area contributed by atoms with Gasteiger partial charge in [0.25, 0.3) is 0 Å². The molecule has 0 aromatic carbocycles. The van der Waals surface area contributed by atoms with Crippen molar-refractivity contribution in [1.82, 2.24) is 10.6 Å². The highest BCUT2D eigenvalue weighted by Gasteiger charge is 2.01. The SMILES string of the molecule is COCCOCCOCCNCC(=O)NC(C)C. The van der Waals surface area contributed by atoms with Crippen LogP contribution in [0, 0.1) is 0 Å². The molecule has 2 N–H and O–H groups in total. The highest BCUT2D eigenvalue weighted by Crippen LogP contribution is 1.79. The van der Waals surface area contributed by atoms with E-state index in [0.29, 0.717) is 46.1 Å². The first kappa shape index (κ1) is 17.3. The van der Waals surface area contributed by atoms with Crippen LogP contribution in [0.3, 0.4) is 0 Å². The van der Waals surface area contributed by atoms with Crippen LogP contribution in [0.25, 0.3) is 0 Å². The maximum Gasteiger partial charge on any atom is 0.234 e. The minimum Gasteiger partial charge on any atom is -0.382 e. The van der Waals surface area contributed by atoms with Gasteiger partial charge in [0.05, 0.1) is 39.6 Å². The molecule has 18 heavy (non-hydrogen) atoms. The Kier molecular flexibility index (Phi) is 12.3. The van der Waals surface area contributed by atoms with E-state index in [-0.39, 0.29) is 11.9 Å². The van der Waals surface area contributed by atoms with Crippen molar-refractivity contribution in [2.75, 3.05) is 53.2 Å². The van der Waals surface area contributed by atoms with Gasteiger partial charge < -0.3 is 24.8 Å². The molecule has 0 heterocycles. The van der Waals surface area contributed by atoms with Crippen molar-refractivity contribution < 1.29 is 19.0 Å². The maximum absolute atomic E-state index is 11.2. The van der Waals surface area contributed by atoms with Gasteiger partial charge in [-0.2, -0.15) is 0 Å². The summed E-state index contributed by atoms with van der Waals surface area (Å²) in [6, 6.07) is 0.180. The third-order valence-electron chi connectivity index (χ3n) is 1.96. The van der Waals surface area contributed by atoms with E-state index in [9.17, 15) is 4.79 Å². The largest absolute Gasteiger partial charge is 0.382 e. The molecule has 0 fully saturated rings. The zero-order chi connectivity index (χ0) is 13.6. The molecule has 0 aliphatic carbocycles. The quantitative estimate of drug-likeness (QED) is 0.476. The Labute approximate surface area is 109 Å². The van der Waals surface area contributed by atoms with Crippen molar-refractivity contribution in [3.63, 3.8) is 0 Å². The minimum atomic E-state index is 0.00731. The van der Waals surface area contributed by atoms with Gasteiger partial charge in [0.1, 0.15) is 0 Å². The normalized spacial score (nSPS) is 10.9. The summed E-state index contributed by atoms with van der Waals surface area (Å²) in [5, 5.41) is 5.80. The third-order valence-corrected chi connectivity index (χ3v) is 1.96. The Hall–Kier alpha value is -0.690. The first-order valence-corrected chi connectivity index (χ1v) is 6.31. The standard InChI is InChI=1S/C12H26N2O4/c1-11(2)14-12(15)10-13-4-5-17-8-9-18-7-6-16-3/h11,13H,4-10H2,1-3H3,(H,14,15). The number of nitrogens with one attached hydrogen (secondary N) is 2. The van der Waals surface area contributed by atoms with Crippen molar-refractivity contribution >= 4 is 5.91 Å². The van der Waals surface area contributed by atoms with Gasteiger partial charge in [0.15, 0.2) is 0 Å². The summed E-state index contributed by atoms with van der Waals surface area (Å²) in [4.78, 5) is 11.2. The van der Waals surface area contributed by atoms with Crippen molar-refractivity contribution in [1.29, 1.82) is 0 Å². The topological polar surface area (TPSA) is 68.8 Å². The molecular weight excluding hydrogens is 236 g/mol. The zero-order valence-electron chi connectivity index (χ0n) is 11.7. The molecule has 0 saturated heterocycles. The van der Waals surface area contributed by atoms with E-state index in [1.165, 1.54) is 0 Å². The Morgan fingerprint density at radius 3 is 2.28 bits per heavy atom. The summed E-state index contributed by atoms with van der Waals surface area (Å²) in [5.41, 5.74) is 0. The van der Waals surface area contributed by atoms with Gasteiger partial charge in [-0.25, -0.2) is 0 Å². The number of ether oxygens (including phenoxy) is 3. The van der Waals surface area contributed by atoms with E-state index >= 15 is 0 Å². The fourth-order valence-electron chi connectivity index (χ4n) is 1.18. The first-order chi connectivity index (χ1) is 8.66. The number of hydrogen-bond acceptors (Lipinski definition) is 5. The van der Waals surface area contributed by atoms with Gasteiger partial charge in [-0.3, -0.25) is 4.79 Å². The predicted molar refractivity (Wildman–Crippen MR) is 69.7 cm³/mol. The van der Waals surface area contributed by atoms with E-state index in [1.54, 1.807) is 7.11 Å². The lowest BCUT2D eigenvalue weighted by molar-refractivity contribution is -0.120. The molecular formula is C12H26N2O4. The molecule has 0 aliphatic rings. The van der Waals surface area contributed by atoms with Gasteiger partial charge in [0, 0.05) is 19.7 Å². The van der Waals surface area contributed by atoms with Crippen molar-refractivity contribution in [2.45, 2.75) is 19.9 Å².